The highest BCUT2D eigenvalue weighted by atomic mass is 16.5. The van der Waals surface area contributed by atoms with Gasteiger partial charge in [-0.1, -0.05) is 69.7 Å². The van der Waals surface area contributed by atoms with Gasteiger partial charge in [-0.3, -0.25) is 4.90 Å². The Morgan fingerprint density at radius 2 is 1.59 bits per heavy atom. The van der Waals surface area contributed by atoms with Crippen LogP contribution in [0.2, 0.25) is 0 Å². The fourth-order valence-electron chi connectivity index (χ4n) is 6.78. The summed E-state index contributed by atoms with van der Waals surface area (Å²) < 4.78 is 10.8. The third-order valence-electron chi connectivity index (χ3n) is 9.40. The molecule has 5 rings (SSSR count). The van der Waals surface area contributed by atoms with E-state index in [1.54, 1.807) is 19.2 Å². The quantitative estimate of drug-likeness (QED) is 0.195. The predicted molar refractivity (Wildman–Crippen MR) is 192 cm³/mol. The maximum atomic E-state index is 11.3. The number of aryl methyl sites for hydroxylation is 2. The molecule has 46 heavy (non-hydrogen) atoms. The van der Waals surface area contributed by atoms with Crippen molar-refractivity contribution in [3.63, 3.8) is 0 Å². The summed E-state index contributed by atoms with van der Waals surface area (Å²) in [5.74, 6) is 2.37. The first kappa shape index (κ1) is 37.1. The van der Waals surface area contributed by atoms with Crippen molar-refractivity contribution in [2.24, 2.45) is 0 Å². The van der Waals surface area contributed by atoms with Crippen molar-refractivity contribution in [2.45, 2.75) is 97.4 Å². The summed E-state index contributed by atoms with van der Waals surface area (Å²) in [6.07, 6.45) is 9.12. The van der Waals surface area contributed by atoms with Crippen molar-refractivity contribution in [2.75, 3.05) is 45.8 Å². The molecule has 0 amide bonds. The number of nitrogens with zero attached hydrogens (tertiary/aromatic N) is 1. The number of ether oxygens (including phenoxy) is 2. The third kappa shape index (κ3) is 9.59. The van der Waals surface area contributed by atoms with Gasteiger partial charge in [-0.15, -0.1) is 0 Å². The number of anilines is 1. The Morgan fingerprint density at radius 1 is 0.935 bits per heavy atom. The standard InChI is InChI=1S/C25H31NO3.C11H17N.C4H10O/c1-3-29-25-17(2)22(11-12-23(25)18-5-4-6-18)20-15-24(26(16-20)13-14-27)19-7-9-21(28)10-8-19;1-4-9-7-6-8-10(5-2)11(9)12-3;1-3-4-5-2/h7-12,14,18,20,24,28H,3-6,13,15-16H2,1-2H3;6-8,12H,4-5H2,1-3H3;3-4H2,1-2H3/t20-,24-;;/m1../s1. The second-order valence-electron chi connectivity index (χ2n) is 12.3. The van der Waals surface area contributed by atoms with Gasteiger partial charge < -0.3 is 24.7 Å². The SMILES string of the molecule is CCCOC.CCOc1c(C2CCC2)ccc([C@@H]2C[C@H](c3ccc(O)cc3)N(CC=O)C2)c1C.CCc1cccc(CC)c1NC. The number of carbonyl (C=O) groups excluding carboxylic acids is 1. The lowest BCUT2D eigenvalue weighted by Gasteiger charge is -2.29. The predicted octanol–water partition coefficient (Wildman–Crippen LogP) is 8.99. The van der Waals surface area contributed by atoms with E-state index in [9.17, 15) is 9.90 Å². The highest BCUT2D eigenvalue weighted by Crippen LogP contribution is 2.47. The first-order valence-electron chi connectivity index (χ1n) is 17.4. The zero-order valence-corrected chi connectivity index (χ0v) is 29.4. The van der Waals surface area contributed by atoms with Gasteiger partial charge in [0, 0.05) is 39.0 Å². The summed E-state index contributed by atoms with van der Waals surface area (Å²) in [7, 11) is 3.71. The Labute approximate surface area is 278 Å². The monoisotopic (exact) mass is 630 g/mol. The lowest BCUT2D eigenvalue weighted by Crippen LogP contribution is -2.25. The van der Waals surface area contributed by atoms with E-state index < -0.39 is 0 Å². The molecule has 3 aromatic carbocycles. The molecule has 252 valence electrons. The molecule has 2 fully saturated rings. The van der Waals surface area contributed by atoms with Crippen molar-refractivity contribution in [3.8, 4) is 11.5 Å². The molecule has 1 saturated carbocycles. The van der Waals surface area contributed by atoms with Crippen LogP contribution in [0.5, 0.6) is 11.5 Å². The second kappa shape index (κ2) is 19.3. The highest BCUT2D eigenvalue weighted by Gasteiger charge is 2.35. The van der Waals surface area contributed by atoms with Crippen LogP contribution < -0.4 is 10.1 Å². The molecule has 1 aliphatic carbocycles. The lowest BCUT2D eigenvalue weighted by atomic mass is 9.78. The summed E-state index contributed by atoms with van der Waals surface area (Å²) in [6, 6.07) is 18.7. The first-order valence-corrected chi connectivity index (χ1v) is 17.4. The van der Waals surface area contributed by atoms with Crippen LogP contribution in [0.25, 0.3) is 0 Å². The van der Waals surface area contributed by atoms with Gasteiger partial charge in [-0.2, -0.15) is 0 Å². The van der Waals surface area contributed by atoms with Crippen molar-refractivity contribution < 1.29 is 19.4 Å². The summed E-state index contributed by atoms with van der Waals surface area (Å²) in [5, 5.41) is 12.9. The molecule has 1 heterocycles. The second-order valence-corrected chi connectivity index (χ2v) is 12.3. The number of likely N-dealkylation sites (tertiary alicyclic amines) is 1. The van der Waals surface area contributed by atoms with Gasteiger partial charge in [0.05, 0.1) is 13.2 Å². The van der Waals surface area contributed by atoms with Crippen LogP contribution in [-0.2, 0) is 22.4 Å². The number of carbonyl (C=O) groups is 1. The zero-order chi connectivity index (χ0) is 33.5. The third-order valence-corrected chi connectivity index (χ3v) is 9.40. The molecule has 0 bridgehead atoms. The molecule has 0 aromatic heterocycles. The van der Waals surface area contributed by atoms with Gasteiger partial charge >= 0.3 is 0 Å². The van der Waals surface area contributed by atoms with Crippen molar-refractivity contribution in [1.82, 2.24) is 4.90 Å². The molecule has 0 unspecified atom stereocenters. The molecular weight excluding hydrogens is 572 g/mol. The fourth-order valence-corrected chi connectivity index (χ4v) is 6.78. The first-order chi connectivity index (χ1) is 22.4. The molecule has 1 aliphatic heterocycles. The average Bonchev–Trinajstić information content (AvgIpc) is 3.46. The highest BCUT2D eigenvalue weighted by molar-refractivity contribution is 5.57. The van der Waals surface area contributed by atoms with Crippen LogP contribution in [0.1, 0.15) is 111 Å². The van der Waals surface area contributed by atoms with E-state index in [0.29, 0.717) is 25.0 Å². The molecule has 6 nitrogen and oxygen atoms in total. The van der Waals surface area contributed by atoms with Crippen LogP contribution in [-0.4, -0.2) is 56.8 Å². The van der Waals surface area contributed by atoms with E-state index in [1.807, 2.05) is 19.2 Å². The number of hydrogen-bond donors (Lipinski definition) is 2. The number of para-hydroxylation sites is 1. The number of aromatic hydroxyl groups is 1. The minimum absolute atomic E-state index is 0.187. The molecular formula is C40H58N2O4. The minimum atomic E-state index is 0.187. The maximum Gasteiger partial charge on any atom is 0.134 e. The summed E-state index contributed by atoms with van der Waals surface area (Å²) in [6.45, 7) is 13.6. The zero-order valence-electron chi connectivity index (χ0n) is 29.4. The number of rotatable bonds is 12. The van der Waals surface area contributed by atoms with Crippen molar-refractivity contribution >= 4 is 12.0 Å². The van der Waals surface area contributed by atoms with Gasteiger partial charge in [0.2, 0.25) is 0 Å². The Balaban J connectivity index is 0.000000280. The number of phenols is 1. The summed E-state index contributed by atoms with van der Waals surface area (Å²) >= 11 is 0. The molecule has 0 radical (unpaired) electrons. The number of nitrogens with one attached hydrogen (secondary N) is 1. The van der Waals surface area contributed by atoms with Crippen LogP contribution >= 0.6 is 0 Å². The van der Waals surface area contributed by atoms with Gasteiger partial charge in [-0.25, -0.2) is 0 Å². The molecule has 6 heteroatoms. The topological polar surface area (TPSA) is 71.0 Å². The van der Waals surface area contributed by atoms with Crippen molar-refractivity contribution in [1.29, 1.82) is 0 Å². The summed E-state index contributed by atoms with van der Waals surface area (Å²) in [5.41, 5.74) is 9.28. The van der Waals surface area contributed by atoms with Crippen molar-refractivity contribution in [3.05, 3.63) is 88.0 Å². The van der Waals surface area contributed by atoms with E-state index >= 15 is 0 Å². The average molecular weight is 631 g/mol. The van der Waals surface area contributed by atoms with E-state index in [1.165, 1.54) is 52.8 Å². The van der Waals surface area contributed by atoms with E-state index in [-0.39, 0.29) is 11.8 Å². The smallest absolute Gasteiger partial charge is 0.134 e. The van der Waals surface area contributed by atoms with Gasteiger partial charge in [-0.05, 0) is 110 Å². The van der Waals surface area contributed by atoms with E-state index in [0.717, 1.165) is 56.4 Å². The number of methoxy groups -OCH3 is 1. The van der Waals surface area contributed by atoms with Crippen LogP contribution in [0, 0.1) is 6.92 Å². The van der Waals surface area contributed by atoms with E-state index in [2.05, 4.69) is 75.2 Å². The number of aldehydes is 1. The molecule has 2 N–H and O–H groups in total. The van der Waals surface area contributed by atoms with Gasteiger partial charge in [0.15, 0.2) is 0 Å². The Bertz CT molecular complexity index is 1310. The fraction of sp³-hybridized carbons (Fsp3) is 0.525. The maximum absolute atomic E-state index is 11.3. The lowest BCUT2D eigenvalue weighted by molar-refractivity contribution is -0.109. The Hall–Kier alpha value is -3.35. The molecule has 2 aliphatic rings. The van der Waals surface area contributed by atoms with Crippen LogP contribution in [0.3, 0.4) is 0 Å². The molecule has 0 spiro atoms. The van der Waals surface area contributed by atoms with E-state index in [4.69, 9.17) is 9.47 Å². The van der Waals surface area contributed by atoms with Crippen LogP contribution in [0.4, 0.5) is 5.69 Å². The minimum Gasteiger partial charge on any atom is -0.508 e. The number of hydrogen-bond acceptors (Lipinski definition) is 6. The number of benzene rings is 3. The largest absolute Gasteiger partial charge is 0.508 e. The molecule has 2 atom stereocenters. The number of phenolic OH excluding ortho intramolecular Hbond substituents is 1. The van der Waals surface area contributed by atoms with Crippen LogP contribution in [0.15, 0.2) is 54.6 Å². The molecule has 1 saturated heterocycles. The van der Waals surface area contributed by atoms with Gasteiger partial charge in [0.1, 0.15) is 17.8 Å². The molecule has 3 aromatic rings. The van der Waals surface area contributed by atoms with Gasteiger partial charge in [0.25, 0.3) is 0 Å². The Kier molecular flexibility index (Phi) is 15.6. The normalized spacial score (nSPS) is 17.6. The Morgan fingerprint density at radius 3 is 2.07 bits per heavy atom. The summed E-state index contributed by atoms with van der Waals surface area (Å²) in [4.78, 5) is 13.6.